The predicted molar refractivity (Wildman–Crippen MR) is 204 cm³/mol. The molecule has 0 unspecified atom stereocenters. The molecule has 0 atom stereocenters. The summed E-state index contributed by atoms with van der Waals surface area (Å²) in [5.74, 6) is 4.50. The number of hydrogen-bond acceptors (Lipinski definition) is 0. The second-order valence-corrected chi connectivity index (χ2v) is 17.2. The van der Waals surface area contributed by atoms with Gasteiger partial charge in [0.05, 0.1) is 0 Å². The van der Waals surface area contributed by atoms with Gasteiger partial charge in [-0.3, -0.25) is 0 Å². The van der Waals surface area contributed by atoms with Gasteiger partial charge in [-0.1, -0.05) is 110 Å². The van der Waals surface area contributed by atoms with Gasteiger partial charge in [-0.15, -0.1) is 69.1 Å². The van der Waals surface area contributed by atoms with Crippen LogP contribution < -0.4 is 0 Å². The molecule has 8 aromatic rings. The summed E-state index contributed by atoms with van der Waals surface area (Å²) in [7, 11) is 9.87. The van der Waals surface area contributed by atoms with Crippen molar-refractivity contribution in [1.82, 2.24) is 0 Å². The molecule has 46 heavy (non-hydrogen) atoms. The minimum atomic E-state index is -0.826. The molecule has 8 rings (SSSR count). The summed E-state index contributed by atoms with van der Waals surface area (Å²) in [5, 5.41) is 10.5. The van der Waals surface area contributed by atoms with Crippen LogP contribution in [0.1, 0.15) is 11.1 Å². The molecule has 226 valence electrons. The van der Waals surface area contributed by atoms with E-state index in [1.807, 2.05) is 0 Å². The predicted octanol–water partition coefficient (Wildman–Crippen LogP) is 13.5. The molecule has 8 aromatic carbocycles. The Morgan fingerprint density at radius 2 is 0.848 bits per heavy atom. The van der Waals surface area contributed by atoms with E-state index >= 15 is 0 Å². The Kier molecular flexibility index (Phi) is 12.5. The van der Waals surface area contributed by atoms with E-state index in [-0.39, 0.29) is 0 Å². The molecule has 0 saturated heterocycles. The van der Waals surface area contributed by atoms with Crippen LogP contribution in [0.4, 0.5) is 0 Å². The van der Waals surface area contributed by atoms with Crippen molar-refractivity contribution in [2.24, 2.45) is 0 Å². The maximum absolute atomic E-state index is 4.93. The van der Waals surface area contributed by atoms with Gasteiger partial charge < -0.3 is 0 Å². The van der Waals surface area contributed by atoms with Crippen LogP contribution in [0.25, 0.3) is 65.3 Å². The SMILES string of the molecule is Cc1cc2c(-c3ccc4ccccc4c3)cccc2[cH-]1.Cc1cc2c(-c3ccc4ccccc4c3)cccc2[cH-]1.[CH3][Ge][CH3].[Cl][Zr+2][Cl]. The van der Waals surface area contributed by atoms with E-state index in [1.54, 1.807) is 0 Å². The Morgan fingerprint density at radius 3 is 1.24 bits per heavy atom. The number of halogens is 2. The second-order valence-electron chi connectivity index (χ2n) is 11.4. The van der Waals surface area contributed by atoms with Crippen molar-refractivity contribution in [3.63, 3.8) is 0 Å². The molecule has 0 aliphatic carbocycles. The zero-order chi connectivity index (χ0) is 32.5. The standard InChI is InChI=1S/2C20H15.C2H6Ge.2ClH.Zr/c2*1-14-11-17-7-4-8-19(20(17)12-14)18-10-9-15-5-2-3-6-16(15)13-18;1-3-2;;;/h2*2-13H,1H3;1-2H3;2*1H;/q2*-1;;;;+4/p-2. The van der Waals surface area contributed by atoms with Gasteiger partial charge in [0.25, 0.3) is 0 Å². The van der Waals surface area contributed by atoms with Crippen LogP contribution in [0, 0.1) is 13.8 Å². The van der Waals surface area contributed by atoms with Gasteiger partial charge in [0, 0.05) is 0 Å². The van der Waals surface area contributed by atoms with Gasteiger partial charge in [0.15, 0.2) is 0 Å². The van der Waals surface area contributed by atoms with E-state index in [0.29, 0.717) is 15.4 Å². The Bertz CT molecular complexity index is 2030. The van der Waals surface area contributed by atoms with Crippen LogP contribution >= 0.6 is 17.0 Å². The van der Waals surface area contributed by atoms with Gasteiger partial charge in [-0.25, -0.2) is 0 Å². The summed E-state index contributed by atoms with van der Waals surface area (Å²) in [6.45, 7) is 4.31. The topological polar surface area (TPSA) is 0 Å². The molecule has 0 bridgehead atoms. The molecule has 0 saturated carbocycles. The first-order valence-corrected chi connectivity index (χ1v) is 25.8. The van der Waals surface area contributed by atoms with Gasteiger partial charge in [-0.2, -0.15) is 12.1 Å². The van der Waals surface area contributed by atoms with E-state index in [9.17, 15) is 0 Å². The molecule has 0 aromatic heterocycles. The third-order valence-corrected chi connectivity index (χ3v) is 7.91. The number of hydrogen-bond donors (Lipinski definition) is 0. The quantitative estimate of drug-likeness (QED) is 0.121. The van der Waals surface area contributed by atoms with Crippen LogP contribution in [0.3, 0.4) is 0 Å². The van der Waals surface area contributed by atoms with Crippen molar-refractivity contribution in [3.8, 4) is 22.3 Å². The van der Waals surface area contributed by atoms with Crippen LogP contribution in [-0.2, 0) is 20.8 Å². The second kappa shape index (κ2) is 16.8. The molecule has 4 heteroatoms. The molecule has 0 aliphatic heterocycles. The van der Waals surface area contributed by atoms with Crippen molar-refractivity contribution >= 4 is 75.5 Å². The summed E-state index contributed by atoms with van der Waals surface area (Å²) in [6.07, 6.45) is 0. The van der Waals surface area contributed by atoms with E-state index in [2.05, 4.69) is 171 Å². The number of rotatable bonds is 2. The van der Waals surface area contributed by atoms with Crippen LogP contribution in [0.5, 0.6) is 0 Å². The third-order valence-electron chi connectivity index (χ3n) is 7.91. The molecule has 0 spiro atoms. The molecule has 0 nitrogen and oxygen atoms in total. The van der Waals surface area contributed by atoms with Crippen molar-refractivity contribution in [1.29, 1.82) is 0 Å². The van der Waals surface area contributed by atoms with Gasteiger partial charge >= 0.3 is 64.8 Å². The van der Waals surface area contributed by atoms with E-state index in [0.717, 1.165) is 0 Å². The Morgan fingerprint density at radius 1 is 0.478 bits per heavy atom. The van der Waals surface area contributed by atoms with Gasteiger partial charge in [0.2, 0.25) is 0 Å². The Labute approximate surface area is 298 Å². The van der Waals surface area contributed by atoms with Crippen LogP contribution in [0.15, 0.2) is 146 Å². The molecule has 0 amide bonds. The third kappa shape index (κ3) is 8.31. The fourth-order valence-corrected chi connectivity index (χ4v) is 5.99. The van der Waals surface area contributed by atoms with E-state index in [4.69, 9.17) is 17.0 Å². The van der Waals surface area contributed by atoms with E-state index < -0.39 is 20.8 Å². The first-order valence-electron chi connectivity index (χ1n) is 15.3. The zero-order valence-corrected chi connectivity index (χ0v) is 32.7. The molecule has 0 fully saturated rings. The molecular formula is C42H36Cl2GeZr. The first-order chi connectivity index (χ1) is 22.4. The fraction of sp³-hybridized carbons (Fsp3) is 0.0952. The molecule has 0 N–H and O–H groups in total. The van der Waals surface area contributed by atoms with Crippen molar-refractivity contribution in [3.05, 3.63) is 157 Å². The number of fused-ring (bicyclic) bond motifs is 4. The molecule has 2 radical (unpaired) electrons. The Hall–Kier alpha value is -2.93. The Balaban J connectivity index is 0.000000155. The first kappa shape index (κ1) is 34.4. The van der Waals surface area contributed by atoms with Crippen molar-refractivity contribution < 1.29 is 20.8 Å². The summed E-state index contributed by atoms with van der Waals surface area (Å²) in [6, 6.07) is 52.6. The average molecular weight is 775 g/mol. The summed E-state index contributed by atoms with van der Waals surface area (Å²) in [4.78, 5) is 0. The van der Waals surface area contributed by atoms with Crippen molar-refractivity contribution in [2.75, 3.05) is 0 Å². The van der Waals surface area contributed by atoms with E-state index in [1.165, 1.54) is 76.5 Å². The average Bonchev–Trinajstić information content (AvgIpc) is 3.66. The van der Waals surface area contributed by atoms with Crippen LogP contribution in [0.2, 0.25) is 11.5 Å². The number of aryl methyl sites for hydroxylation is 2. The minimum absolute atomic E-state index is 0.500. The normalized spacial score (nSPS) is 10.4. The summed E-state index contributed by atoms with van der Waals surface area (Å²) in [5.41, 5.74) is 7.88. The van der Waals surface area contributed by atoms with Gasteiger partial charge in [0.1, 0.15) is 0 Å². The summed E-state index contributed by atoms with van der Waals surface area (Å²) < 4.78 is 0. The molecule has 0 aliphatic rings. The molecule has 0 heterocycles. The summed E-state index contributed by atoms with van der Waals surface area (Å²) >= 11 is -0.326. The van der Waals surface area contributed by atoms with Crippen molar-refractivity contribution in [2.45, 2.75) is 25.4 Å². The molecular weight excluding hydrogens is 739 g/mol. The number of benzene rings is 6. The maximum atomic E-state index is 4.93. The van der Waals surface area contributed by atoms with Gasteiger partial charge in [-0.05, 0) is 44.8 Å². The van der Waals surface area contributed by atoms with Crippen LogP contribution in [-0.4, -0.2) is 15.4 Å². The fourth-order valence-electron chi connectivity index (χ4n) is 5.99. The zero-order valence-electron chi connectivity index (χ0n) is 26.6. The monoisotopic (exact) mass is 774 g/mol.